The Labute approximate surface area is 118 Å². The average molecular weight is 311 g/mol. The average Bonchev–Trinajstić information content (AvgIpc) is 2.37. The first-order valence-corrected chi connectivity index (χ1v) is 7.69. The summed E-state index contributed by atoms with van der Waals surface area (Å²) in [4.78, 5) is 21.5. The summed E-state index contributed by atoms with van der Waals surface area (Å²) in [5, 5.41) is 8.51. The number of aliphatic carboxylic acids is 1. The van der Waals surface area contributed by atoms with Crippen molar-refractivity contribution in [1.82, 2.24) is 4.31 Å². The van der Waals surface area contributed by atoms with Gasteiger partial charge in [-0.25, -0.2) is 8.42 Å². The first kappa shape index (κ1) is 18.8. The van der Waals surface area contributed by atoms with Gasteiger partial charge in [-0.05, 0) is 6.42 Å². The van der Waals surface area contributed by atoms with Crippen molar-refractivity contribution in [3.8, 4) is 0 Å². The number of carboxylic acid groups (broad SMARTS) is 1. The lowest BCUT2D eigenvalue weighted by atomic mass is 10.3. The number of hydrogen-bond acceptors (Lipinski definition) is 6. The largest absolute Gasteiger partial charge is 0.481 e. The van der Waals surface area contributed by atoms with Crippen LogP contribution in [0.15, 0.2) is 0 Å². The molecule has 0 aliphatic rings. The maximum Gasteiger partial charge on any atom is 0.306 e. The second-order valence-corrected chi connectivity index (χ2v) is 6.12. The van der Waals surface area contributed by atoms with Crippen molar-refractivity contribution in [2.24, 2.45) is 0 Å². The molecule has 0 atom stereocenters. The Bertz CT molecular complexity index is 407. The van der Waals surface area contributed by atoms with Crippen LogP contribution in [-0.4, -0.2) is 69.4 Å². The Balaban J connectivity index is 4.55. The summed E-state index contributed by atoms with van der Waals surface area (Å²) in [6.45, 7) is 0.299. The van der Waals surface area contributed by atoms with E-state index >= 15 is 0 Å². The highest BCUT2D eigenvalue weighted by Gasteiger charge is 2.22. The molecule has 118 valence electrons. The molecule has 9 heteroatoms. The van der Waals surface area contributed by atoms with Crippen molar-refractivity contribution in [2.75, 3.05) is 39.7 Å². The zero-order valence-corrected chi connectivity index (χ0v) is 12.5. The highest BCUT2D eigenvalue weighted by Crippen LogP contribution is 2.07. The van der Waals surface area contributed by atoms with E-state index in [9.17, 15) is 18.0 Å². The smallest absolute Gasteiger partial charge is 0.306 e. The van der Waals surface area contributed by atoms with Crippen LogP contribution < -0.4 is 0 Å². The predicted molar refractivity (Wildman–Crippen MR) is 70.7 cm³/mol. The Morgan fingerprint density at radius 3 is 2.30 bits per heavy atom. The zero-order chi connectivity index (χ0) is 15.6. The highest BCUT2D eigenvalue weighted by atomic mass is 32.2. The number of carbonyl (C=O) groups excluding carboxylic acids is 1. The molecule has 0 radical (unpaired) electrons. The number of rotatable bonds is 11. The quantitative estimate of drug-likeness (QED) is 0.521. The molecule has 0 saturated heterocycles. The van der Waals surface area contributed by atoms with E-state index in [1.807, 2.05) is 0 Å². The second kappa shape index (κ2) is 9.67. The fraction of sp³-hybridized carbons (Fsp3) is 0.818. The van der Waals surface area contributed by atoms with Crippen LogP contribution in [0.4, 0.5) is 0 Å². The molecule has 0 saturated carbocycles. The van der Waals surface area contributed by atoms with Gasteiger partial charge in [0.15, 0.2) is 0 Å². The van der Waals surface area contributed by atoms with Crippen LogP contribution in [-0.2, 0) is 29.1 Å². The molecule has 0 aliphatic carbocycles. The van der Waals surface area contributed by atoms with Gasteiger partial charge < -0.3 is 14.6 Å². The van der Waals surface area contributed by atoms with E-state index in [2.05, 4.69) is 4.74 Å². The Morgan fingerprint density at radius 1 is 1.15 bits per heavy atom. The minimum Gasteiger partial charge on any atom is -0.481 e. The number of nitrogens with zero attached hydrogens (tertiary/aromatic N) is 1. The van der Waals surface area contributed by atoms with Gasteiger partial charge in [0.05, 0.1) is 25.9 Å². The summed E-state index contributed by atoms with van der Waals surface area (Å²) in [7, 11) is -0.947. The van der Waals surface area contributed by atoms with Crippen molar-refractivity contribution >= 4 is 22.0 Å². The number of sulfonamides is 1. The van der Waals surface area contributed by atoms with Gasteiger partial charge in [0.2, 0.25) is 10.0 Å². The molecule has 1 N–H and O–H groups in total. The molecule has 0 unspecified atom stereocenters. The van der Waals surface area contributed by atoms with E-state index in [0.717, 1.165) is 4.31 Å². The van der Waals surface area contributed by atoms with Crippen LogP contribution in [0.5, 0.6) is 0 Å². The number of hydrogen-bond donors (Lipinski definition) is 1. The third-order valence-corrected chi connectivity index (χ3v) is 4.48. The summed E-state index contributed by atoms with van der Waals surface area (Å²) >= 11 is 0. The molecule has 0 bridgehead atoms. The highest BCUT2D eigenvalue weighted by molar-refractivity contribution is 7.89. The lowest BCUT2D eigenvalue weighted by Gasteiger charge is -2.21. The van der Waals surface area contributed by atoms with Gasteiger partial charge in [-0.3, -0.25) is 9.59 Å². The second-order valence-electron chi connectivity index (χ2n) is 4.03. The lowest BCUT2D eigenvalue weighted by molar-refractivity contribution is -0.140. The summed E-state index contributed by atoms with van der Waals surface area (Å²) < 4.78 is 34.5. The van der Waals surface area contributed by atoms with E-state index in [1.165, 1.54) is 14.2 Å². The van der Waals surface area contributed by atoms with Crippen molar-refractivity contribution in [1.29, 1.82) is 0 Å². The first-order chi connectivity index (χ1) is 9.33. The number of esters is 1. The molecule has 0 aliphatic heterocycles. The Kier molecular flexibility index (Phi) is 9.10. The molecule has 20 heavy (non-hydrogen) atoms. The van der Waals surface area contributed by atoms with Gasteiger partial charge >= 0.3 is 11.9 Å². The fourth-order valence-electron chi connectivity index (χ4n) is 1.44. The predicted octanol–water partition coefficient (Wildman–Crippen LogP) is -0.307. The third-order valence-electron chi connectivity index (χ3n) is 2.52. The normalized spacial score (nSPS) is 11.6. The van der Waals surface area contributed by atoms with Crippen LogP contribution >= 0.6 is 0 Å². The third kappa shape index (κ3) is 8.08. The lowest BCUT2D eigenvalue weighted by Crippen LogP contribution is -2.37. The molecule has 0 aromatic carbocycles. The van der Waals surface area contributed by atoms with Crippen molar-refractivity contribution < 1.29 is 32.6 Å². The molecular weight excluding hydrogens is 290 g/mol. The summed E-state index contributed by atoms with van der Waals surface area (Å²) in [5.41, 5.74) is 0. The molecule has 0 aromatic rings. The van der Waals surface area contributed by atoms with Gasteiger partial charge in [-0.1, -0.05) is 0 Å². The summed E-state index contributed by atoms with van der Waals surface area (Å²) in [6, 6.07) is 0. The molecule has 0 aromatic heterocycles. The van der Waals surface area contributed by atoms with Crippen molar-refractivity contribution in [2.45, 2.75) is 19.3 Å². The Morgan fingerprint density at radius 2 is 1.80 bits per heavy atom. The SMILES string of the molecule is COCCN(CCC(=O)OC)S(=O)(=O)CCCC(=O)O. The van der Waals surface area contributed by atoms with E-state index in [-0.39, 0.29) is 44.7 Å². The van der Waals surface area contributed by atoms with Gasteiger partial charge in [-0.15, -0.1) is 0 Å². The molecule has 0 amide bonds. The number of carbonyl (C=O) groups is 2. The van der Waals surface area contributed by atoms with Crippen LogP contribution in [0.3, 0.4) is 0 Å². The van der Waals surface area contributed by atoms with Gasteiger partial charge in [0, 0.05) is 26.6 Å². The van der Waals surface area contributed by atoms with E-state index in [1.54, 1.807) is 0 Å². The van der Waals surface area contributed by atoms with Crippen LogP contribution in [0.1, 0.15) is 19.3 Å². The van der Waals surface area contributed by atoms with Crippen LogP contribution in [0.25, 0.3) is 0 Å². The van der Waals surface area contributed by atoms with Gasteiger partial charge in [-0.2, -0.15) is 4.31 Å². The van der Waals surface area contributed by atoms with Crippen molar-refractivity contribution in [3.63, 3.8) is 0 Å². The molecule has 0 fully saturated rings. The molecule has 0 spiro atoms. The van der Waals surface area contributed by atoms with E-state index in [4.69, 9.17) is 9.84 Å². The standard InChI is InChI=1S/C11H21NO7S/c1-18-8-7-12(6-5-11(15)19-2)20(16,17)9-3-4-10(13)14/h3-9H2,1-2H3,(H,13,14). The van der Waals surface area contributed by atoms with Crippen LogP contribution in [0.2, 0.25) is 0 Å². The van der Waals surface area contributed by atoms with Gasteiger partial charge in [0.25, 0.3) is 0 Å². The Hall–Kier alpha value is -1.19. The molecule has 8 nitrogen and oxygen atoms in total. The topological polar surface area (TPSA) is 110 Å². The molecular formula is C11H21NO7S. The molecule has 0 rings (SSSR count). The zero-order valence-electron chi connectivity index (χ0n) is 11.7. The van der Waals surface area contributed by atoms with Crippen LogP contribution in [0, 0.1) is 0 Å². The molecule has 0 heterocycles. The van der Waals surface area contributed by atoms with E-state index in [0.29, 0.717) is 0 Å². The number of methoxy groups -OCH3 is 2. The first-order valence-electron chi connectivity index (χ1n) is 6.09. The minimum absolute atomic E-state index is 0.00849. The summed E-state index contributed by atoms with van der Waals surface area (Å²) in [6.07, 6.45) is -0.244. The summed E-state index contributed by atoms with van der Waals surface area (Å²) in [5.74, 6) is -1.82. The maximum atomic E-state index is 12.0. The number of carboxylic acids is 1. The van der Waals surface area contributed by atoms with E-state index < -0.39 is 22.0 Å². The monoisotopic (exact) mass is 311 g/mol. The minimum atomic E-state index is -3.61. The maximum absolute atomic E-state index is 12.0. The van der Waals surface area contributed by atoms with Crippen molar-refractivity contribution in [3.05, 3.63) is 0 Å². The fourth-order valence-corrected chi connectivity index (χ4v) is 2.93. The number of ether oxygens (including phenoxy) is 2. The van der Waals surface area contributed by atoms with Gasteiger partial charge in [0.1, 0.15) is 0 Å².